The van der Waals surface area contributed by atoms with Gasteiger partial charge in [0, 0.05) is 12.0 Å². The van der Waals surface area contributed by atoms with Gasteiger partial charge in [0.1, 0.15) is 16.5 Å². The van der Waals surface area contributed by atoms with Crippen LogP contribution < -0.4 is 9.47 Å². The molecule has 1 saturated carbocycles. The van der Waals surface area contributed by atoms with E-state index >= 15 is 0 Å². The molecule has 0 radical (unpaired) electrons. The van der Waals surface area contributed by atoms with Crippen molar-refractivity contribution >= 4 is 11.6 Å². The quantitative estimate of drug-likeness (QED) is 0.500. The van der Waals surface area contributed by atoms with Gasteiger partial charge in [-0.3, -0.25) is 0 Å². The number of hydrogen-bond acceptors (Lipinski definition) is 4. The first-order valence-corrected chi connectivity index (χ1v) is 10.5. The van der Waals surface area contributed by atoms with E-state index in [9.17, 15) is 18.3 Å². The monoisotopic (exact) mass is 461 g/mol. The Labute approximate surface area is 187 Å². The largest absolute Gasteiger partial charge is 0.481 e. The summed E-state index contributed by atoms with van der Waals surface area (Å²) in [6, 6.07) is 15.8. The molecule has 1 aliphatic carbocycles. The van der Waals surface area contributed by atoms with E-state index in [0.29, 0.717) is 29.7 Å². The predicted molar refractivity (Wildman–Crippen MR) is 112 cm³/mol. The molecule has 0 saturated heterocycles. The Kier molecular flexibility index (Phi) is 4.69. The summed E-state index contributed by atoms with van der Waals surface area (Å²) in [5.74, 6) is 0.115. The Hall–Kier alpha value is -2.77. The third-order valence-corrected chi connectivity index (χ3v) is 6.73. The number of halogens is 4. The first-order valence-electron chi connectivity index (χ1n) is 10.1. The number of fused-ring (bicyclic) bond motifs is 3. The number of methoxy groups -OCH3 is 1. The van der Waals surface area contributed by atoms with Gasteiger partial charge in [0.25, 0.3) is 0 Å². The molecule has 0 bridgehead atoms. The van der Waals surface area contributed by atoms with Gasteiger partial charge in [-0.1, -0.05) is 54.1 Å². The Balaban J connectivity index is 1.75. The second kappa shape index (κ2) is 7.12. The lowest BCUT2D eigenvalue weighted by atomic mass is 9.72. The zero-order valence-corrected chi connectivity index (χ0v) is 17.7. The van der Waals surface area contributed by atoms with Gasteiger partial charge in [-0.2, -0.15) is 13.2 Å². The number of benzene rings is 2. The van der Waals surface area contributed by atoms with Crippen molar-refractivity contribution in [1.82, 2.24) is 4.98 Å². The smallest absolute Gasteiger partial charge is 0.416 e. The summed E-state index contributed by atoms with van der Waals surface area (Å²) in [6.45, 7) is 0. The number of alkyl halides is 3. The first-order chi connectivity index (χ1) is 15.2. The lowest BCUT2D eigenvalue weighted by Gasteiger charge is -2.40. The molecule has 1 fully saturated rings. The van der Waals surface area contributed by atoms with Gasteiger partial charge in [0.2, 0.25) is 5.88 Å². The zero-order chi connectivity index (χ0) is 22.7. The van der Waals surface area contributed by atoms with Crippen LogP contribution in [-0.4, -0.2) is 17.2 Å². The summed E-state index contributed by atoms with van der Waals surface area (Å²) in [4.78, 5) is 4.19. The number of nitrogens with zero attached hydrogens (tertiary/aromatic N) is 1. The minimum absolute atomic E-state index is 0.128. The Morgan fingerprint density at radius 1 is 1.12 bits per heavy atom. The van der Waals surface area contributed by atoms with Crippen molar-refractivity contribution in [3.05, 3.63) is 88.1 Å². The summed E-state index contributed by atoms with van der Waals surface area (Å²) in [7, 11) is 1.42. The van der Waals surface area contributed by atoms with Crippen molar-refractivity contribution in [1.29, 1.82) is 0 Å². The van der Waals surface area contributed by atoms with Crippen LogP contribution in [0, 0.1) is 0 Å². The van der Waals surface area contributed by atoms with Crippen molar-refractivity contribution in [2.45, 2.75) is 36.1 Å². The molecule has 3 atom stereocenters. The SMILES string of the molecule is COc1nc(Cl)cc2c1C1(O)CCC(c3ccccc3)C1(c1ccc(C(F)(F)F)cc1)O2. The van der Waals surface area contributed by atoms with Gasteiger partial charge in [-0.05, 0) is 36.1 Å². The molecule has 2 aliphatic rings. The number of ether oxygens (including phenoxy) is 2. The fourth-order valence-corrected chi connectivity index (χ4v) is 5.42. The predicted octanol–water partition coefficient (Wildman–Crippen LogP) is 5.82. The van der Waals surface area contributed by atoms with Crippen molar-refractivity contribution < 1.29 is 27.8 Å². The van der Waals surface area contributed by atoms with E-state index in [1.807, 2.05) is 30.3 Å². The maximum absolute atomic E-state index is 13.2. The first kappa shape index (κ1) is 21.1. The maximum Gasteiger partial charge on any atom is 0.416 e. The Morgan fingerprint density at radius 2 is 1.81 bits per heavy atom. The second-order valence-electron chi connectivity index (χ2n) is 8.10. The second-order valence-corrected chi connectivity index (χ2v) is 8.49. The molecule has 3 aromatic rings. The van der Waals surface area contributed by atoms with Crippen LogP contribution in [0.1, 0.15) is 41.0 Å². The van der Waals surface area contributed by atoms with Gasteiger partial charge in [0.15, 0.2) is 5.60 Å². The maximum atomic E-state index is 13.2. The number of rotatable bonds is 3. The molecule has 1 N–H and O–H groups in total. The molecule has 3 unspecified atom stereocenters. The van der Waals surface area contributed by atoms with E-state index in [1.54, 1.807) is 0 Å². The topological polar surface area (TPSA) is 51.6 Å². The molecule has 1 aromatic heterocycles. The van der Waals surface area contributed by atoms with Crippen LogP contribution in [0.3, 0.4) is 0 Å². The molecule has 0 amide bonds. The molecule has 0 spiro atoms. The minimum atomic E-state index is -4.47. The third kappa shape index (κ3) is 2.84. The fraction of sp³-hybridized carbons (Fsp3) is 0.292. The number of pyridine rings is 1. The summed E-state index contributed by atoms with van der Waals surface area (Å²) >= 11 is 6.15. The zero-order valence-electron chi connectivity index (χ0n) is 17.0. The molecular weight excluding hydrogens is 443 g/mol. The molecule has 4 nitrogen and oxygen atoms in total. The summed E-state index contributed by atoms with van der Waals surface area (Å²) in [5, 5.41) is 12.3. The number of aliphatic hydroxyl groups is 1. The standard InChI is InChI=1S/C24H19ClF3NO3/c1-31-21-20-18(13-19(25)29-21)32-23(15-7-9-16(10-8-15)24(26,27)28)17(11-12-22(20,23)30)14-5-3-2-4-6-14/h2-10,13,17,30H,11-12H2,1H3. The van der Waals surface area contributed by atoms with E-state index in [4.69, 9.17) is 21.1 Å². The highest BCUT2D eigenvalue weighted by Crippen LogP contribution is 2.68. The number of hydrogen-bond donors (Lipinski definition) is 1. The van der Waals surface area contributed by atoms with Gasteiger partial charge >= 0.3 is 6.18 Å². The molecule has 5 rings (SSSR count). The summed E-state index contributed by atoms with van der Waals surface area (Å²) in [5.41, 5.74) is -2.01. The molecular formula is C24H19ClF3NO3. The molecule has 8 heteroatoms. The van der Waals surface area contributed by atoms with Crippen LogP contribution in [0.2, 0.25) is 5.15 Å². The minimum Gasteiger partial charge on any atom is -0.481 e. The van der Waals surface area contributed by atoms with Crippen LogP contribution in [-0.2, 0) is 17.4 Å². The van der Waals surface area contributed by atoms with E-state index < -0.39 is 22.9 Å². The van der Waals surface area contributed by atoms with Gasteiger partial charge < -0.3 is 14.6 Å². The summed E-state index contributed by atoms with van der Waals surface area (Å²) < 4.78 is 51.6. The highest BCUT2D eigenvalue weighted by Gasteiger charge is 2.69. The van der Waals surface area contributed by atoms with E-state index in [-0.39, 0.29) is 17.0 Å². The molecule has 1 aliphatic heterocycles. The third-order valence-electron chi connectivity index (χ3n) is 6.54. The van der Waals surface area contributed by atoms with Crippen LogP contribution in [0.15, 0.2) is 60.7 Å². The molecule has 166 valence electrons. The van der Waals surface area contributed by atoms with Gasteiger partial charge in [0.05, 0.1) is 18.2 Å². The summed E-state index contributed by atoms with van der Waals surface area (Å²) in [6.07, 6.45) is -3.62. The highest BCUT2D eigenvalue weighted by atomic mass is 35.5. The average Bonchev–Trinajstić information content (AvgIpc) is 3.20. The van der Waals surface area contributed by atoms with Gasteiger partial charge in [-0.25, -0.2) is 4.98 Å². The normalized spacial score (nSPS) is 26.4. The van der Waals surface area contributed by atoms with Crippen LogP contribution >= 0.6 is 11.6 Å². The van der Waals surface area contributed by atoms with Crippen LogP contribution in [0.5, 0.6) is 11.6 Å². The molecule has 2 heterocycles. The number of aromatic nitrogens is 1. The Morgan fingerprint density at radius 3 is 2.44 bits per heavy atom. The average molecular weight is 462 g/mol. The van der Waals surface area contributed by atoms with Crippen molar-refractivity contribution in [3.63, 3.8) is 0 Å². The van der Waals surface area contributed by atoms with Crippen molar-refractivity contribution in [2.24, 2.45) is 0 Å². The lowest BCUT2D eigenvalue weighted by Crippen LogP contribution is -2.48. The van der Waals surface area contributed by atoms with Crippen molar-refractivity contribution in [3.8, 4) is 11.6 Å². The lowest BCUT2D eigenvalue weighted by molar-refractivity contribution is -0.137. The molecule has 32 heavy (non-hydrogen) atoms. The fourth-order valence-electron chi connectivity index (χ4n) is 5.24. The van der Waals surface area contributed by atoms with E-state index in [1.165, 1.54) is 25.3 Å². The van der Waals surface area contributed by atoms with Crippen LogP contribution in [0.4, 0.5) is 13.2 Å². The Bertz CT molecular complexity index is 1170. The van der Waals surface area contributed by atoms with Crippen LogP contribution in [0.25, 0.3) is 0 Å². The van der Waals surface area contributed by atoms with E-state index in [0.717, 1.165) is 17.7 Å². The van der Waals surface area contributed by atoms with Crippen molar-refractivity contribution in [2.75, 3.05) is 7.11 Å². The highest BCUT2D eigenvalue weighted by molar-refractivity contribution is 6.29. The molecule has 2 aromatic carbocycles. The van der Waals surface area contributed by atoms with Gasteiger partial charge in [-0.15, -0.1) is 0 Å². The van der Waals surface area contributed by atoms with E-state index in [2.05, 4.69) is 4.98 Å².